The molecule has 7 nitrogen and oxygen atoms in total. The average molecular weight is 331 g/mol. The molecular formula is C14H25N3O4S. The maximum Gasteiger partial charge on any atom is 0.225 e. The van der Waals surface area contributed by atoms with Gasteiger partial charge in [0.15, 0.2) is 0 Å². The Morgan fingerprint density at radius 2 is 1.55 bits per heavy atom. The van der Waals surface area contributed by atoms with Crippen molar-refractivity contribution in [1.29, 1.82) is 0 Å². The summed E-state index contributed by atoms with van der Waals surface area (Å²) in [4.78, 5) is 27.5. The molecule has 1 amide bonds. The quantitative estimate of drug-likeness (QED) is 0.687. The number of piperidine rings is 1. The number of Topliss-reactive ketones (excluding diaryl/α,β-unsaturated/α-hetero) is 1. The Morgan fingerprint density at radius 3 is 2.00 bits per heavy atom. The summed E-state index contributed by atoms with van der Waals surface area (Å²) in [5.41, 5.74) is 0. The topological polar surface area (TPSA) is 78.0 Å². The smallest absolute Gasteiger partial charge is 0.225 e. The third kappa shape index (κ3) is 4.50. The maximum atomic E-state index is 12.5. The number of ketones is 1. The van der Waals surface area contributed by atoms with Crippen LogP contribution < -0.4 is 0 Å². The number of amides is 1. The lowest BCUT2D eigenvalue weighted by Crippen LogP contribution is -2.52. The van der Waals surface area contributed by atoms with Gasteiger partial charge in [-0.2, -0.15) is 0 Å². The summed E-state index contributed by atoms with van der Waals surface area (Å²) in [6.07, 6.45) is 2.41. The van der Waals surface area contributed by atoms with E-state index in [-0.39, 0.29) is 17.6 Å². The molecule has 0 aromatic heterocycles. The van der Waals surface area contributed by atoms with E-state index in [1.165, 1.54) is 10.6 Å². The van der Waals surface area contributed by atoms with Gasteiger partial charge in [-0.25, -0.2) is 12.7 Å². The standard InChI is InChI=1S/C14H25N3O4S/c1-12(18)11-15-7-9-16(10-8-15)14(19)13-3-5-17(6-4-13)22(2,20)21/h13H,3-11H2,1-2H3. The van der Waals surface area contributed by atoms with Gasteiger partial charge in [-0.1, -0.05) is 0 Å². The minimum absolute atomic E-state index is 0.0719. The van der Waals surface area contributed by atoms with E-state index in [0.717, 1.165) is 13.1 Å². The third-order valence-corrected chi connectivity index (χ3v) is 5.71. The molecule has 0 aliphatic carbocycles. The minimum atomic E-state index is -3.15. The zero-order valence-electron chi connectivity index (χ0n) is 13.3. The lowest BCUT2D eigenvalue weighted by atomic mass is 9.96. The normalized spacial score (nSPS) is 22.7. The molecule has 8 heteroatoms. The molecule has 2 saturated heterocycles. The molecule has 0 aromatic carbocycles. The molecule has 2 fully saturated rings. The van der Waals surface area contributed by atoms with E-state index in [1.807, 2.05) is 4.90 Å². The zero-order chi connectivity index (χ0) is 16.3. The highest BCUT2D eigenvalue weighted by atomic mass is 32.2. The lowest BCUT2D eigenvalue weighted by molar-refractivity contribution is -0.138. The molecule has 0 saturated carbocycles. The highest BCUT2D eigenvalue weighted by Crippen LogP contribution is 2.22. The van der Waals surface area contributed by atoms with E-state index in [4.69, 9.17) is 0 Å². The Morgan fingerprint density at radius 1 is 1.00 bits per heavy atom. The first-order chi connectivity index (χ1) is 10.3. The van der Waals surface area contributed by atoms with E-state index in [2.05, 4.69) is 4.90 Å². The number of piperazine rings is 1. The minimum Gasteiger partial charge on any atom is -0.340 e. The molecule has 2 heterocycles. The fraction of sp³-hybridized carbons (Fsp3) is 0.857. The molecular weight excluding hydrogens is 306 g/mol. The van der Waals surface area contributed by atoms with Gasteiger partial charge < -0.3 is 4.90 Å². The first kappa shape index (κ1) is 17.4. The molecule has 2 aliphatic rings. The average Bonchev–Trinajstić information content (AvgIpc) is 2.46. The van der Waals surface area contributed by atoms with E-state index in [1.54, 1.807) is 6.92 Å². The predicted octanol–water partition coefficient (Wildman–Crippen LogP) is -0.609. The second-order valence-corrected chi connectivity index (χ2v) is 8.22. The van der Waals surface area contributed by atoms with Gasteiger partial charge in [-0.05, 0) is 19.8 Å². The van der Waals surface area contributed by atoms with Crippen molar-refractivity contribution in [2.24, 2.45) is 5.92 Å². The van der Waals surface area contributed by atoms with Crippen LogP contribution >= 0.6 is 0 Å². The molecule has 0 atom stereocenters. The summed E-state index contributed by atoms with van der Waals surface area (Å²) in [5.74, 6) is 0.209. The molecule has 0 aromatic rings. The van der Waals surface area contributed by atoms with Gasteiger partial charge >= 0.3 is 0 Å². The Kier molecular flexibility index (Phi) is 5.57. The van der Waals surface area contributed by atoms with Gasteiger partial charge in [0.1, 0.15) is 5.78 Å². The van der Waals surface area contributed by atoms with Crippen molar-refractivity contribution in [2.75, 3.05) is 52.1 Å². The molecule has 22 heavy (non-hydrogen) atoms. The first-order valence-corrected chi connectivity index (χ1v) is 9.58. The summed E-state index contributed by atoms with van der Waals surface area (Å²) < 4.78 is 24.4. The fourth-order valence-electron chi connectivity index (χ4n) is 3.13. The fourth-order valence-corrected chi connectivity index (χ4v) is 4.01. The maximum absolute atomic E-state index is 12.5. The number of rotatable bonds is 4. The van der Waals surface area contributed by atoms with Crippen molar-refractivity contribution < 1.29 is 18.0 Å². The molecule has 2 aliphatic heterocycles. The molecule has 0 N–H and O–H groups in total. The van der Waals surface area contributed by atoms with E-state index >= 15 is 0 Å². The van der Waals surface area contributed by atoms with Crippen molar-refractivity contribution in [3.8, 4) is 0 Å². The Labute approximate surface area is 132 Å². The Hall–Kier alpha value is -0.990. The SMILES string of the molecule is CC(=O)CN1CCN(C(=O)C2CCN(S(C)(=O)=O)CC2)CC1. The molecule has 0 bridgehead atoms. The molecule has 0 unspecified atom stereocenters. The van der Waals surface area contributed by atoms with Crippen LogP contribution in [-0.2, 0) is 19.6 Å². The number of nitrogens with zero attached hydrogens (tertiary/aromatic N) is 3. The van der Waals surface area contributed by atoms with Crippen LogP contribution in [0.1, 0.15) is 19.8 Å². The van der Waals surface area contributed by atoms with Gasteiger partial charge in [0.25, 0.3) is 0 Å². The molecule has 0 spiro atoms. The van der Waals surface area contributed by atoms with Crippen molar-refractivity contribution in [2.45, 2.75) is 19.8 Å². The van der Waals surface area contributed by atoms with Crippen LogP contribution in [0.3, 0.4) is 0 Å². The number of sulfonamides is 1. The van der Waals surface area contributed by atoms with Crippen molar-refractivity contribution in [1.82, 2.24) is 14.1 Å². The predicted molar refractivity (Wildman–Crippen MR) is 82.8 cm³/mol. The van der Waals surface area contributed by atoms with E-state index < -0.39 is 10.0 Å². The van der Waals surface area contributed by atoms with Gasteiger partial charge in [0.05, 0.1) is 12.8 Å². The monoisotopic (exact) mass is 331 g/mol. The van der Waals surface area contributed by atoms with Crippen molar-refractivity contribution in [3.63, 3.8) is 0 Å². The molecule has 0 radical (unpaired) electrons. The van der Waals surface area contributed by atoms with Gasteiger partial charge in [0.2, 0.25) is 15.9 Å². The van der Waals surface area contributed by atoms with Crippen molar-refractivity contribution in [3.05, 3.63) is 0 Å². The number of hydrogen-bond acceptors (Lipinski definition) is 5. The molecule has 126 valence electrons. The summed E-state index contributed by atoms with van der Waals surface area (Å²) in [6, 6.07) is 0. The van der Waals surface area contributed by atoms with Gasteiger partial charge in [0, 0.05) is 45.2 Å². The Balaban J connectivity index is 1.80. The van der Waals surface area contributed by atoms with Crippen LogP contribution in [0.25, 0.3) is 0 Å². The van der Waals surface area contributed by atoms with Crippen LogP contribution in [0.5, 0.6) is 0 Å². The highest BCUT2D eigenvalue weighted by molar-refractivity contribution is 7.88. The second kappa shape index (κ2) is 7.06. The van der Waals surface area contributed by atoms with Gasteiger partial charge in [-0.15, -0.1) is 0 Å². The van der Waals surface area contributed by atoms with E-state index in [9.17, 15) is 18.0 Å². The number of hydrogen-bond donors (Lipinski definition) is 0. The number of carbonyl (C=O) groups is 2. The number of carbonyl (C=O) groups excluding carboxylic acids is 2. The van der Waals surface area contributed by atoms with Crippen LogP contribution in [0.15, 0.2) is 0 Å². The Bertz CT molecular complexity index is 518. The van der Waals surface area contributed by atoms with Crippen molar-refractivity contribution >= 4 is 21.7 Å². The van der Waals surface area contributed by atoms with E-state index in [0.29, 0.717) is 45.6 Å². The lowest BCUT2D eigenvalue weighted by Gasteiger charge is -2.37. The van der Waals surface area contributed by atoms with Crippen LogP contribution in [0, 0.1) is 5.92 Å². The van der Waals surface area contributed by atoms with Crippen LogP contribution in [0.2, 0.25) is 0 Å². The summed E-state index contributed by atoms with van der Waals surface area (Å²) in [6.45, 7) is 5.65. The zero-order valence-corrected chi connectivity index (χ0v) is 14.1. The summed E-state index contributed by atoms with van der Waals surface area (Å²) in [7, 11) is -3.15. The van der Waals surface area contributed by atoms with Crippen LogP contribution in [0.4, 0.5) is 0 Å². The third-order valence-electron chi connectivity index (χ3n) is 4.40. The second-order valence-electron chi connectivity index (χ2n) is 6.24. The van der Waals surface area contributed by atoms with Crippen LogP contribution in [-0.4, -0.2) is 86.3 Å². The molecule has 2 rings (SSSR count). The highest BCUT2D eigenvalue weighted by Gasteiger charge is 2.32. The summed E-state index contributed by atoms with van der Waals surface area (Å²) in [5, 5.41) is 0. The largest absolute Gasteiger partial charge is 0.340 e. The summed E-state index contributed by atoms with van der Waals surface area (Å²) >= 11 is 0. The van der Waals surface area contributed by atoms with Gasteiger partial charge in [-0.3, -0.25) is 14.5 Å². The first-order valence-electron chi connectivity index (χ1n) is 7.73.